The van der Waals surface area contributed by atoms with E-state index in [9.17, 15) is 4.79 Å². The summed E-state index contributed by atoms with van der Waals surface area (Å²) in [5.74, 6) is -0.167. The van der Waals surface area contributed by atoms with Crippen molar-refractivity contribution >= 4 is 5.97 Å². The van der Waals surface area contributed by atoms with E-state index >= 15 is 0 Å². The van der Waals surface area contributed by atoms with E-state index in [1.807, 2.05) is 6.07 Å². The molecule has 0 radical (unpaired) electrons. The van der Waals surface area contributed by atoms with Gasteiger partial charge in [0.05, 0.1) is 7.11 Å². The smallest absolute Gasteiger partial charge is 0.376 e. The molecule has 6 heteroatoms. The Labute approximate surface area is 103 Å². The van der Waals surface area contributed by atoms with Gasteiger partial charge in [-0.25, -0.2) is 14.8 Å². The molecule has 0 bridgehead atoms. The monoisotopic (exact) mass is 242 g/mol. The van der Waals surface area contributed by atoms with Crippen LogP contribution in [0.2, 0.25) is 0 Å². The number of carbonyl (C=O) groups is 1. The number of aryl methyl sites for hydroxylation is 1. The minimum Gasteiger partial charge on any atom is -0.463 e. The molecule has 0 atom stereocenters. The number of nitrogens with zero attached hydrogens (tertiary/aromatic N) is 4. The summed E-state index contributed by atoms with van der Waals surface area (Å²) in [4.78, 5) is 19.5. The van der Waals surface area contributed by atoms with Gasteiger partial charge in [-0.05, 0) is 19.1 Å². The summed E-state index contributed by atoms with van der Waals surface area (Å²) in [6, 6.07) is 7.12. The highest BCUT2D eigenvalue weighted by Crippen LogP contribution is 2.11. The van der Waals surface area contributed by atoms with Crippen LogP contribution >= 0.6 is 0 Å². The van der Waals surface area contributed by atoms with Crippen LogP contribution in [0.25, 0.3) is 5.82 Å². The SMILES string of the molecule is COC(=O)c1nc(C)cc(-n2cccc2C#N)n1. The third-order valence-corrected chi connectivity index (χ3v) is 2.32. The first kappa shape index (κ1) is 11.8. The average Bonchev–Trinajstić information content (AvgIpc) is 2.85. The standard InChI is InChI=1S/C12H10N4O2/c1-8-6-10(15-11(14-8)12(17)18-2)16-5-3-4-9(16)7-13/h3-6H,1-2H3. The van der Waals surface area contributed by atoms with E-state index in [1.54, 1.807) is 35.9 Å². The fourth-order valence-electron chi connectivity index (χ4n) is 1.53. The zero-order valence-electron chi connectivity index (χ0n) is 9.91. The molecule has 0 aliphatic heterocycles. The molecule has 0 saturated carbocycles. The Kier molecular flexibility index (Phi) is 3.06. The molecule has 2 aromatic heterocycles. The normalized spacial score (nSPS) is 9.83. The second-order valence-corrected chi connectivity index (χ2v) is 3.56. The maximum Gasteiger partial charge on any atom is 0.376 e. The van der Waals surface area contributed by atoms with Crippen molar-refractivity contribution in [3.8, 4) is 11.9 Å². The molecule has 0 N–H and O–H groups in total. The maximum atomic E-state index is 11.4. The van der Waals surface area contributed by atoms with Crippen molar-refractivity contribution in [2.75, 3.05) is 7.11 Å². The van der Waals surface area contributed by atoms with Crippen LogP contribution in [-0.2, 0) is 4.74 Å². The van der Waals surface area contributed by atoms with Gasteiger partial charge in [-0.2, -0.15) is 5.26 Å². The highest BCUT2D eigenvalue weighted by molar-refractivity contribution is 5.85. The molecule has 0 saturated heterocycles. The number of carbonyl (C=O) groups excluding carboxylic acids is 1. The molecule has 0 fully saturated rings. The summed E-state index contributed by atoms with van der Waals surface area (Å²) in [5, 5.41) is 8.96. The third-order valence-electron chi connectivity index (χ3n) is 2.32. The molecule has 6 nitrogen and oxygen atoms in total. The first-order chi connectivity index (χ1) is 8.65. The highest BCUT2D eigenvalue weighted by atomic mass is 16.5. The molecule has 0 amide bonds. The second kappa shape index (κ2) is 4.67. The summed E-state index contributed by atoms with van der Waals surface area (Å²) in [6.07, 6.45) is 1.70. The largest absolute Gasteiger partial charge is 0.463 e. The van der Waals surface area contributed by atoms with E-state index < -0.39 is 5.97 Å². The minimum absolute atomic E-state index is 0.0231. The van der Waals surface area contributed by atoms with Crippen molar-refractivity contribution in [3.05, 3.63) is 41.6 Å². The lowest BCUT2D eigenvalue weighted by Crippen LogP contribution is -2.11. The molecular formula is C12H10N4O2. The van der Waals surface area contributed by atoms with Crippen LogP contribution in [0.4, 0.5) is 0 Å². The Balaban J connectivity index is 2.56. The van der Waals surface area contributed by atoms with Crippen molar-refractivity contribution in [1.82, 2.24) is 14.5 Å². The van der Waals surface area contributed by atoms with Crippen molar-refractivity contribution in [2.45, 2.75) is 6.92 Å². The van der Waals surface area contributed by atoms with Crippen molar-refractivity contribution in [1.29, 1.82) is 5.26 Å². The fraction of sp³-hybridized carbons (Fsp3) is 0.167. The van der Waals surface area contributed by atoms with Crippen molar-refractivity contribution in [2.24, 2.45) is 0 Å². The lowest BCUT2D eigenvalue weighted by molar-refractivity contribution is 0.0586. The van der Waals surface area contributed by atoms with Crippen molar-refractivity contribution < 1.29 is 9.53 Å². The quantitative estimate of drug-likeness (QED) is 0.740. The first-order valence-electron chi connectivity index (χ1n) is 5.17. The van der Waals surface area contributed by atoms with E-state index in [1.165, 1.54) is 7.11 Å². The molecule has 0 spiro atoms. The van der Waals surface area contributed by atoms with Gasteiger partial charge in [-0.15, -0.1) is 0 Å². The highest BCUT2D eigenvalue weighted by Gasteiger charge is 2.13. The summed E-state index contributed by atoms with van der Waals surface area (Å²) in [5.41, 5.74) is 1.06. The van der Waals surface area contributed by atoms with Gasteiger partial charge in [-0.1, -0.05) is 0 Å². The Morgan fingerprint density at radius 3 is 2.94 bits per heavy atom. The van der Waals surface area contributed by atoms with Gasteiger partial charge in [0.25, 0.3) is 0 Å². The van der Waals surface area contributed by atoms with E-state index in [0.29, 0.717) is 17.2 Å². The maximum absolute atomic E-state index is 11.4. The van der Waals surface area contributed by atoms with E-state index in [-0.39, 0.29) is 5.82 Å². The van der Waals surface area contributed by atoms with Gasteiger partial charge >= 0.3 is 5.97 Å². The summed E-state index contributed by atoms with van der Waals surface area (Å²) >= 11 is 0. The summed E-state index contributed by atoms with van der Waals surface area (Å²) < 4.78 is 6.17. The van der Waals surface area contributed by atoms with Crippen molar-refractivity contribution in [3.63, 3.8) is 0 Å². The fourth-order valence-corrected chi connectivity index (χ4v) is 1.53. The Morgan fingerprint density at radius 2 is 2.28 bits per heavy atom. The van der Waals surface area contributed by atoms with Crippen LogP contribution in [0.5, 0.6) is 0 Å². The molecule has 2 aromatic rings. The summed E-state index contributed by atoms with van der Waals surface area (Å²) in [6.45, 7) is 1.74. The van der Waals surface area contributed by atoms with E-state index in [0.717, 1.165) is 0 Å². The van der Waals surface area contributed by atoms with Crippen LogP contribution in [0.3, 0.4) is 0 Å². The number of nitriles is 1. The van der Waals surface area contributed by atoms with Gasteiger partial charge in [0.15, 0.2) is 0 Å². The first-order valence-corrected chi connectivity index (χ1v) is 5.17. The molecule has 18 heavy (non-hydrogen) atoms. The second-order valence-electron chi connectivity index (χ2n) is 3.56. The van der Waals surface area contributed by atoms with Crippen LogP contribution in [0.1, 0.15) is 22.0 Å². The topological polar surface area (TPSA) is 80.8 Å². The zero-order valence-corrected chi connectivity index (χ0v) is 9.91. The number of hydrogen-bond acceptors (Lipinski definition) is 5. The summed E-state index contributed by atoms with van der Waals surface area (Å²) in [7, 11) is 1.27. The number of rotatable bonds is 2. The predicted octanol–water partition coefficient (Wildman–Crippen LogP) is 1.23. The number of ether oxygens (including phenoxy) is 1. The van der Waals surface area contributed by atoms with Crippen LogP contribution in [0.15, 0.2) is 24.4 Å². The molecular weight excluding hydrogens is 232 g/mol. The molecule has 0 aromatic carbocycles. The lowest BCUT2D eigenvalue weighted by Gasteiger charge is -2.06. The van der Waals surface area contributed by atoms with Crippen LogP contribution in [-0.4, -0.2) is 27.6 Å². The number of hydrogen-bond donors (Lipinski definition) is 0. The molecule has 0 aliphatic carbocycles. The van der Waals surface area contributed by atoms with Crippen LogP contribution < -0.4 is 0 Å². The van der Waals surface area contributed by atoms with Gasteiger partial charge in [-0.3, -0.25) is 4.57 Å². The van der Waals surface area contributed by atoms with E-state index in [4.69, 9.17) is 5.26 Å². The molecule has 2 heterocycles. The average molecular weight is 242 g/mol. The van der Waals surface area contributed by atoms with E-state index in [2.05, 4.69) is 14.7 Å². The molecule has 90 valence electrons. The number of aromatic nitrogens is 3. The minimum atomic E-state index is -0.606. The number of esters is 1. The van der Waals surface area contributed by atoms with Gasteiger partial charge in [0, 0.05) is 18.0 Å². The number of methoxy groups -OCH3 is 1. The van der Waals surface area contributed by atoms with Gasteiger partial charge in [0.1, 0.15) is 17.6 Å². The Morgan fingerprint density at radius 1 is 1.50 bits per heavy atom. The third kappa shape index (κ3) is 2.06. The van der Waals surface area contributed by atoms with Crippen LogP contribution in [0, 0.1) is 18.3 Å². The Hall–Kier alpha value is -2.68. The zero-order chi connectivity index (χ0) is 13.1. The van der Waals surface area contributed by atoms with Gasteiger partial charge < -0.3 is 4.74 Å². The predicted molar refractivity (Wildman–Crippen MR) is 62.2 cm³/mol. The lowest BCUT2D eigenvalue weighted by atomic mass is 10.4. The molecule has 2 rings (SSSR count). The Bertz CT molecular complexity index is 640. The van der Waals surface area contributed by atoms with Gasteiger partial charge in [0.2, 0.25) is 5.82 Å². The molecule has 0 aliphatic rings. The molecule has 0 unspecified atom stereocenters.